The fraction of sp³-hybridized carbons (Fsp3) is 0.0667. The molecule has 0 radical (unpaired) electrons. The van der Waals surface area contributed by atoms with E-state index >= 15 is 0 Å². The molecule has 0 spiro atoms. The Morgan fingerprint density at radius 3 is 2.80 bits per heavy atom. The lowest BCUT2D eigenvalue weighted by atomic mass is 10.2. The van der Waals surface area contributed by atoms with Gasteiger partial charge in [0.1, 0.15) is 11.6 Å². The number of hydrazone groups is 1. The molecule has 0 saturated carbocycles. The number of hydrogen-bond acceptors (Lipinski definition) is 3. The van der Waals surface area contributed by atoms with E-state index in [1.165, 1.54) is 24.4 Å². The van der Waals surface area contributed by atoms with Gasteiger partial charge in [-0.25, -0.2) is 9.82 Å². The Hall–Kier alpha value is -2.69. The third-order valence-corrected chi connectivity index (χ3v) is 2.60. The number of carbonyl (C=O) groups excluding carboxylic acids is 1. The summed E-state index contributed by atoms with van der Waals surface area (Å²) in [6.07, 6.45) is 1.47. The molecule has 2 aromatic carbocycles. The van der Waals surface area contributed by atoms with Crippen molar-refractivity contribution in [1.29, 1.82) is 0 Å². The van der Waals surface area contributed by atoms with Crippen LogP contribution in [0.25, 0.3) is 0 Å². The molecule has 0 heterocycles. The van der Waals surface area contributed by atoms with E-state index in [4.69, 9.17) is 4.74 Å². The van der Waals surface area contributed by atoms with Gasteiger partial charge >= 0.3 is 0 Å². The minimum absolute atomic E-state index is 0.210. The van der Waals surface area contributed by atoms with Gasteiger partial charge in [-0.2, -0.15) is 5.10 Å². The van der Waals surface area contributed by atoms with E-state index in [2.05, 4.69) is 10.5 Å². The van der Waals surface area contributed by atoms with Crippen molar-refractivity contribution in [2.75, 3.05) is 7.11 Å². The van der Waals surface area contributed by atoms with Crippen molar-refractivity contribution >= 4 is 12.1 Å². The molecule has 0 aliphatic carbocycles. The Bertz CT molecular complexity index is 641. The normalized spacial score (nSPS) is 10.5. The predicted molar refractivity (Wildman–Crippen MR) is 74.5 cm³/mol. The maximum Gasteiger partial charge on any atom is 0.271 e. The molecule has 0 atom stereocenters. The molecule has 0 aliphatic rings. The van der Waals surface area contributed by atoms with Crippen LogP contribution in [-0.4, -0.2) is 19.2 Å². The van der Waals surface area contributed by atoms with Gasteiger partial charge in [0.2, 0.25) is 0 Å². The molecule has 5 heteroatoms. The topological polar surface area (TPSA) is 50.7 Å². The quantitative estimate of drug-likeness (QED) is 0.687. The van der Waals surface area contributed by atoms with Gasteiger partial charge in [0.25, 0.3) is 5.91 Å². The van der Waals surface area contributed by atoms with Crippen LogP contribution in [0.3, 0.4) is 0 Å². The summed E-state index contributed by atoms with van der Waals surface area (Å²) in [6.45, 7) is 0. The molecule has 4 nitrogen and oxygen atoms in total. The van der Waals surface area contributed by atoms with Crippen molar-refractivity contribution in [3.8, 4) is 5.75 Å². The summed E-state index contributed by atoms with van der Waals surface area (Å²) in [4.78, 5) is 11.7. The van der Waals surface area contributed by atoms with Crippen molar-refractivity contribution in [3.05, 3.63) is 65.5 Å². The zero-order valence-electron chi connectivity index (χ0n) is 10.8. The first-order valence-electron chi connectivity index (χ1n) is 5.92. The Morgan fingerprint density at radius 1 is 1.25 bits per heavy atom. The number of amides is 1. The van der Waals surface area contributed by atoms with E-state index in [0.29, 0.717) is 5.75 Å². The summed E-state index contributed by atoms with van der Waals surface area (Å²) in [6, 6.07) is 12.7. The molecule has 0 fully saturated rings. The number of para-hydroxylation sites is 1. The van der Waals surface area contributed by atoms with Crippen LogP contribution < -0.4 is 10.2 Å². The van der Waals surface area contributed by atoms with Gasteiger partial charge in [0, 0.05) is 11.1 Å². The number of nitrogens with zero attached hydrogens (tertiary/aromatic N) is 1. The lowest BCUT2D eigenvalue weighted by molar-refractivity contribution is 0.0954. The Morgan fingerprint density at radius 2 is 2.05 bits per heavy atom. The van der Waals surface area contributed by atoms with E-state index in [1.54, 1.807) is 19.2 Å². The summed E-state index contributed by atoms with van der Waals surface area (Å²) >= 11 is 0. The zero-order valence-corrected chi connectivity index (χ0v) is 10.8. The van der Waals surface area contributed by atoms with Crippen molar-refractivity contribution in [1.82, 2.24) is 5.43 Å². The maximum atomic E-state index is 13.0. The van der Waals surface area contributed by atoms with Crippen molar-refractivity contribution in [2.45, 2.75) is 0 Å². The first-order valence-corrected chi connectivity index (χ1v) is 5.92. The number of methoxy groups -OCH3 is 1. The molecule has 2 aromatic rings. The molecular formula is C15H13FN2O2. The fourth-order valence-corrected chi connectivity index (χ4v) is 1.63. The fourth-order valence-electron chi connectivity index (χ4n) is 1.63. The Kier molecular flexibility index (Phi) is 4.44. The van der Waals surface area contributed by atoms with Crippen LogP contribution in [0.2, 0.25) is 0 Å². The van der Waals surface area contributed by atoms with Crippen LogP contribution in [0.4, 0.5) is 4.39 Å². The number of hydrogen-bond donors (Lipinski definition) is 1. The number of rotatable bonds is 4. The number of carbonyl (C=O) groups is 1. The first-order chi connectivity index (χ1) is 9.70. The second-order valence-electron chi connectivity index (χ2n) is 3.95. The maximum absolute atomic E-state index is 13.0. The third-order valence-electron chi connectivity index (χ3n) is 2.60. The average molecular weight is 272 g/mol. The molecule has 0 bridgehead atoms. The second kappa shape index (κ2) is 6.47. The lowest BCUT2D eigenvalue weighted by Gasteiger charge is -2.03. The van der Waals surface area contributed by atoms with E-state index in [-0.39, 0.29) is 5.56 Å². The molecule has 1 N–H and O–H groups in total. The number of nitrogens with one attached hydrogen (secondary N) is 1. The summed E-state index contributed by atoms with van der Waals surface area (Å²) in [5.74, 6) is -0.293. The molecule has 20 heavy (non-hydrogen) atoms. The smallest absolute Gasteiger partial charge is 0.271 e. The minimum Gasteiger partial charge on any atom is -0.496 e. The van der Waals surface area contributed by atoms with Gasteiger partial charge in [0.05, 0.1) is 13.3 Å². The predicted octanol–water partition coefficient (Wildman–Crippen LogP) is 2.60. The standard InChI is InChI=1S/C15H13FN2O2/c1-20-14-8-3-2-5-12(14)10-17-18-15(19)11-6-4-7-13(16)9-11/h2-10H,1H3,(H,18,19)/b17-10+. The lowest BCUT2D eigenvalue weighted by Crippen LogP contribution is -2.17. The minimum atomic E-state index is -0.476. The van der Waals surface area contributed by atoms with E-state index in [1.807, 2.05) is 12.1 Å². The highest BCUT2D eigenvalue weighted by Crippen LogP contribution is 2.14. The van der Waals surface area contributed by atoms with Gasteiger partial charge in [0.15, 0.2) is 0 Å². The largest absolute Gasteiger partial charge is 0.496 e. The number of halogens is 1. The van der Waals surface area contributed by atoms with Crippen molar-refractivity contribution < 1.29 is 13.9 Å². The second-order valence-corrected chi connectivity index (χ2v) is 3.95. The highest BCUT2D eigenvalue weighted by atomic mass is 19.1. The van der Waals surface area contributed by atoms with E-state index in [9.17, 15) is 9.18 Å². The SMILES string of the molecule is COc1ccccc1/C=N/NC(=O)c1cccc(F)c1. The van der Waals surface area contributed by atoms with Gasteiger partial charge < -0.3 is 4.74 Å². The molecule has 0 unspecified atom stereocenters. The summed E-state index contributed by atoms with van der Waals surface area (Å²) < 4.78 is 18.1. The molecular weight excluding hydrogens is 259 g/mol. The highest BCUT2D eigenvalue weighted by molar-refractivity contribution is 5.95. The molecule has 2 rings (SSSR count). The molecule has 0 saturated heterocycles. The van der Waals surface area contributed by atoms with Crippen LogP contribution in [0, 0.1) is 5.82 Å². The number of ether oxygens (including phenoxy) is 1. The Labute approximate surface area is 115 Å². The third kappa shape index (κ3) is 3.41. The highest BCUT2D eigenvalue weighted by Gasteiger charge is 2.04. The first kappa shape index (κ1) is 13.7. The van der Waals surface area contributed by atoms with Gasteiger partial charge in [-0.05, 0) is 30.3 Å². The van der Waals surface area contributed by atoms with Crippen molar-refractivity contribution in [2.24, 2.45) is 5.10 Å². The summed E-state index contributed by atoms with van der Waals surface area (Å²) in [7, 11) is 1.55. The van der Waals surface area contributed by atoms with Crippen LogP contribution in [0.15, 0.2) is 53.6 Å². The monoisotopic (exact) mass is 272 g/mol. The molecule has 102 valence electrons. The number of benzene rings is 2. The molecule has 1 amide bonds. The van der Waals surface area contributed by atoms with E-state index in [0.717, 1.165) is 11.6 Å². The van der Waals surface area contributed by atoms with Gasteiger partial charge in [-0.1, -0.05) is 18.2 Å². The van der Waals surface area contributed by atoms with E-state index < -0.39 is 11.7 Å². The molecule has 0 aliphatic heterocycles. The Balaban J connectivity index is 2.05. The van der Waals surface area contributed by atoms with Crippen LogP contribution >= 0.6 is 0 Å². The van der Waals surface area contributed by atoms with Crippen LogP contribution in [0.5, 0.6) is 5.75 Å². The van der Waals surface area contributed by atoms with Crippen LogP contribution in [-0.2, 0) is 0 Å². The average Bonchev–Trinajstić information content (AvgIpc) is 2.47. The zero-order chi connectivity index (χ0) is 14.4. The van der Waals surface area contributed by atoms with Crippen LogP contribution in [0.1, 0.15) is 15.9 Å². The summed E-state index contributed by atoms with van der Waals surface area (Å²) in [5.41, 5.74) is 3.28. The molecule has 0 aromatic heterocycles. The van der Waals surface area contributed by atoms with Gasteiger partial charge in [-0.3, -0.25) is 4.79 Å². The van der Waals surface area contributed by atoms with Gasteiger partial charge in [-0.15, -0.1) is 0 Å². The summed E-state index contributed by atoms with van der Waals surface area (Å²) in [5, 5.41) is 3.83. The van der Waals surface area contributed by atoms with Crippen molar-refractivity contribution in [3.63, 3.8) is 0 Å².